The average molecular weight is 172 g/mol. The van der Waals surface area contributed by atoms with E-state index in [0.717, 1.165) is 32.2 Å². The summed E-state index contributed by atoms with van der Waals surface area (Å²) in [7, 11) is 0. The Morgan fingerprint density at radius 2 is 2.33 bits per heavy atom. The SMILES string of the molecule is CC(N)CNCCOCC1CC1. The van der Waals surface area contributed by atoms with Gasteiger partial charge in [0, 0.05) is 25.7 Å². The van der Waals surface area contributed by atoms with Crippen LogP contribution in [0.4, 0.5) is 0 Å². The Balaban J connectivity index is 1.70. The van der Waals surface area contributed by atoms with E-state index in [4.69, 9.17) is 10.5 Å². The lowest BCUT2D eigenvalue weighted by Gasteiger charge is -2.07. The maximum Gasteiger partial charge on any atom is 0.0591 e. The lowest BCUT2D eigenvalue weighted by atomic mass is 10.4. The third-order valence-corrected chi connectivity index (χ3v) is 1.94. The van der Waals surface area contributed by atoms with E-state index in [0.29, 0.717) is 0 Å². The number of hydrogen-bond acceptors (Lipinski definition) is 3. The van der Waals surface area contributed by atoms with Crippen molar-refractivity contribution in [1.29, 1.82) is 0 Å². The highest BCUT2D eigenvalue weighted by Gasteiger charge is 2.20. The molecule has 0 heterocycles. The summed E-state index contributed by atoms with van der Waals surface area (Å²) >= 11 is 0. The lowest BCUT2D eigenvalue weighted by Crippen LogP contribution is -2.33. The first-order valence-corrected chi connectivity index (χ1v) is 4.83. The molecule has 0 bridgehead atoms. The van der Waals surface area contributed by atoms with Crippen LogP contribution in [0.5, 0.6) is 0 Å². The first-order valence-electron chi connectivity index (χ1n) is 4.83. The first kappa shape index (κ1) is 9.96. The minimum Gasteiger partial charge on any atom is -0.380 e. The second-order valence-corrected chi connectivity index (χ2v) is 3.70. The smallest absolute Gasteiger partial charge is 0.0591 e. The molecule has 1 fully saturated rings. The van der Waals surface area contributed by atoms with E-state index >= 15 is 0 Å². The zero-order valence-corrected chi connectivity index (χ0v) is 7.88. The van der Waals surface area contributed by atoms with Crippen LogP contribution >= 0.6 is 0 Å². The number of rotatable bonds is 7. The summed E-state index contributed by atoms with van der Waals surface area (Å²) in [5.74, 6) is 0.874. The Morgan fingerprint density at radius 1 is 1.58 bits per heavy atom. The zero-order valence-electron chi connectivity index (χ0n) is 7.88. The van der Waals surface area contributed by atoms with Gasteiger partial charge in [0.2, 0.25) is 0 Å². The largest absolute Gasteiger partial charge is 0.380 e. The highest BCUT2D eigenvalue weighted by atomic mass is 16.5. The fourth-order valence-electron chi connectivity index (χ4n) is 1.01. The maximum atomic E-state index is 5.56. The minimum absolute atomic E-state index is 0.244. The molecule has 1 rings (SSSR count). The lowest BCUT2D eigenvalue weighted by molar-refractivity contribution is 0.126. The highest BCUT2D eigenvalue weighted by molar-refractivity contribution is 4.71. The standard InChI is InChI=1S/C9H20N2O/c1-8(10)6-11-4-5-12-7-9-2-3-9/h8-9,11H,2-7,10H2,1H3. The predicted molar refractivity (Wildman–Crippen MR) is 50.1 cm³/mol. The van der Waals surface area contributed by atoms with Crippen LogP contribution in [0.25, 0.3) is 0 Å². The van der Waals surface area contributed by atoms with E-state index < -0.39 is 0 Å². The molecule has 12 heavy (non-hydrogen) atoms. The Morgan fingerprint density at radius 3 is 2.92 bits per heavy atom. The molecular weight excluding hydrogens is 152 g/mol. The minimum atomic E-state index is 0.244. The fraction of sp³-hybridized carbons (Fsp3) is 1.00. The quantitative estimate of drug-likeness (QED) is 0.545. The Bertz CT molecular complexity index is 107. The predicted octanol–water partition coefficient (Wildman–Crippen LogP) is 0.350. The highest BCUT2D eigenvalue weighted by Crippen LogP contribution is 2.28. The number of ether oxygens (including phenoxy) is 1. The van der Waals surface area contributed by atoms with Crippen molar-refractivity contribution < 1.29 is 4.74 Å². The molecule has 72 valence electrons. The van der Waals surface area contributed by atoms with Gasteiger partial charge in [-0.05, 0) is 25.7 Å². The summed E-state index contributed by atoms with van der Waals surface area (Å²) in [5, 5.41) is 3.23. The maximum absolute atomic E-state index is 5.56. The van der Waals surface area contributed by atoms with Crippen molar-refractivity contribution in [2.75, 3.05) is 26.3 Å². The zero-order chi connectivity index (χ0) is 8.81. The summed E-state index contributed by atoms with van der Waals surface area (Å²) in [4.78, 5) is 0. The van der Waals surface area contributed by atoms with Gasteiger partial charge in [-0.15, -0.1) is 0 Å². The van der Waals surface area contributed by atoms with Gasteiger partial charge in [-0.3, -0.25) is 0 Å². The molecule has 0 amide bonds. The Hall–Kier alpha value is -0.120. The van der Waals surface area contributed by atoms with Gasteiger partial charge < -0.3 is 15.8 Å². The number of hydrogen-bond donors (Lipinski definition) is 2. The van der Waals surface area contributed by atoms with Gasteiger partial charge in [0.1, 0.15) is 0 Å². The van der Waals surface area contributed by atoms with Crippen LogP contribution in [-0.2, 0) is 4.74 Å². The van der Waals surface area contributed by atoms with E-state index in [9.17, 15) is 0 Å². The van der Waals surface area contributed by atoms with Crippen molar-refractivity contribution in [2.45, 2.75) is 25.8 Å². The molecule has 0 aromatic carbocycles. The molecule has 1 aliphatic carbocycles. The molecule has 1 saturated carbocycles. The summed E-state index contributed by atoms with van der Waals surface area (Å²) in [6.07, 6.45) is 2.74. The van der Waals surface area contributed by atoms with Crippen LogP contribution in [0.15, 0.2) is 0 Å². The van der Waals surface area contributed by atoms with Crippen LogP contribution in [0.1, 0.15) is 19.8 Å². The topological polar surface area (TPSA) is 47.3 Å². The molecule has 0 aromatic rings. The average Bonchev–Trinajstić information content (AvgIpc) is 2.79. The van der Waals surface area contributed by atoms with E-state index in [-0.39, 0.29) is 6.04 Å². The molecule has 1 unspecified atom stereocenters. The van der Waals surface area contributed by atoms with Gasteiger partial charge in [-0.2, -0.15) is 0 Å². The monoisotopic (exact) mass is 172 g/mol. The van der Waals surface area contributed by atoms with Crippen LogP contribution < -0.4 is 11.1 Å². The Kier molecular flexibility index (Phi) is 4.58. The molecule has 0 aromatic heterocycles. The van der Waals surface area contributed by atoms with Crippen molar-refractivity contribution in [3.05, 3.63) is 0 Å². The fourth-order valence-corrected chi connectivity index (χ4v) is 1.01. The van der Waals surface area contributed by atoms with Crippen LogP contribution in [-0.4, -0.2) is 32.3 Å². The van der Waals surface area contributed by atoms with E-state index in [1.165, 1.54) is 12.8 Å². The summed E-state index contributed by atoms with van der Waals surface area (Å²) < 4.78 is 5.44. The molecule has 1 aliphatic rings. The molecule has 3 N–H and O–H groups in total. The van der Waals surface area contributed by atoms with Crippen molar-refractivity contribution in [3.8, 4) is 0 Å². The van der Waals surface area contributed by atoms with Crippen molar-refractivity contribution in [2.24, 2.45) is 11.7 Å². The summed E-state index contributed by atoms with van der Waals surface area (Å²) in [6, 6.07) is 0.244. The van der Waals surface area contributed by atoms with Crippen molar-refractivity contribution in [3.63, 3.8) is 0 Å². The summed E-state index contributed by atoms with van der Waals surface area (Å²) in [5.41, 5.74) is 5.56. The van der Waals surface area contributed by atoms with Gasteiger partial charge in [-0.1, -0.05) is 0 Å². The molecule has 0 aliphatic heterocycles. The molecule has 1 atom stereocenters. The van der Waals surface area contributed by atoms with E-state index in [2.05, 4.69) is 5.32 Å². The van der Waals surface area contributed by atoms with Gasteiger partial charge in [-0.25, -0.2) is 0 Å². The molecule has 0 saturated heterocycles. The van der Waals surface area contributed by atoms with Crippen LogP contribution in [0, 0.1) is 5.92 Å². The van der Waals surface area contributed by atoms with E-state index in [1.54, 1.807) is 0 Å². The number of nitrogens with one attached hydrogen (secondary N) is 1. The van der Waals surface area contributed by atoms with Crippen LogP contribution in [0.3, 0.4) is 0 Å². The molecule has 0 radical (unpaired) electrons. The van der Waals surface area contributed by atoms with Gasteiger partial charge in [0.25, 0.3) is 0 Å². The van der Waals surface area contributed by atoms with Gasteiger partial charge in [0.15, 0.2) is 0 Å². The number of nitrogens with two attached hydrogens (primary N) is 1. The second-order valence-electron chi connectivity index (χ2n) is 3.70. The molecule has 0 spiro atoms. The van der Waals surface area contributed by atoms with Crippen LogP contribution in [0.2, 0.25) is 0 Å². The molecule has 3 heteroatoms. The van der Waals surface area contributed by atoms with E-state index in [1.807, 2.05) is 6.92 Å². The third-order valence-electron chi connectivity index (χ3n) is 1.94. The van der Waals surface area contributed by atoms with Gasteiger partial charge in [0.05, 0.1) is 6.61 Å². The van der Waals surface area contributed by atoms with Crippen molar-refractivity contribution >= 4 is 0 Å². The summed E-state index contributed by atoms with van der Waals surface area (Å²) in [6.45, 7) is 5.59. The van der Waals surface area contributed by atoms with Crippen molar-refractivity contribution in [1.82, 2.24) is 5.32 Å². The normalized spacial score (nSPS) is 19.5. The molecular formula is C9H20N2O. The second kappa shape index (κ2) is 5.51. The first-order chi connectivity index (χ1) is 5.79. The Labute approximate surface area is 74.7 Å². The third kappa shape index (κ3) is 5.52. The molecule has 3 nitrogen and oxygen atoms in total. The van der Waals surface area contributed by atoms with Gasteiger partial charge >= 0.3 is 0 Å².